The van der Waals surface area contributed by atoms with Gasteiger partial charge < -0.3 is 15.4 Å². The molecule has 1 unspecified atom stereocenters. The summed E-state index contributed by atoms with van der Waals surface area (Å²) in [7, 11) is 1.73. The number of methoxy groups -OCH3 is 1. The minimum absolute atomic E-state index is 0.362. The summed E-state index contributed by atoms with van der Waals surface area (Å²) >= 11 is 3.55. The highest BCUT2D eigenvalue weighted by Gasteiger charge is 2.13. The number of benzene rings is 1. The molecule has 96 valence electrons. The Hall–Kier alpha value is -0.580. The molecule has 0 aliphatic carbocycles. The average molecular weight is 301 g/mol. The lowest BCUT2D eigenvalue weighted by Crippen LogP contribution is -2.36. The maximum atomic E-state index is 5.65. The van der Waals surface area contributed by atoms with Crippen LogP contribution in [0.4, 0.5) is 5.69 Å². The molecule has 2 N–H and O–H groups in total. The fourth-order valence-electron chi connectivity index (χ4n) is 1.96. The van der Waals surface area contributed by atoms with Gasteiger partial charge >= 0.3 is 0 Å². The Morgan fingerprint density at radius 2 is 2.18 bits per heavy atom. The molecule has 17 heavy (non-hydrogen) atoms. The van der Waals surface area contributed by atoms with E-state index in [1.807, 2.05) is 0 Å². The van der Waals surface area contributed by atoms with Gasteiger partial charge in [0.05, 0.1) is 6.61 Å². The Morgan fingerprint density at radius 3 is 2.65 bits per heavy atom. The molecule has 4 heteroatoms. The summed E-state index contributed by atoms with van der Waals surface area (Å²) in [6.07, 6.45) is 0. The molecule has 3 nitrogen and oxygen atoms in total. The first-order valence-electron chi connectivity index (χ1n) is 5.88. The van der Waals surface area contributed by atoms with E-state index in [0.29, 0.717) is 12.6 Å². The molecule has 0 saturated carbocycles. The van der Waals surface area contributed by atoms with Gasteiger partial charge in [-0.15, -0.1) is 0 Å². The first kappa shape index (κ1) is 14.5. The lowest BCUT2D eigenvalue weighted by Gasteiger charge is -2.30. The summed E-state index contributed by atoms with van der Waals surface area (Å²) in [6.45, 7) is 6.55. The van der Waals surface area contributed by atoms with Gasteiger partial charge in [-0.2, -0.15) is 0 Å². The monoisotopic (exact) mass is 300 g/mol. The third kappa shape index (κ3) is 3.69. The van der Waals surface area contributed by atoms with Crippen molar-refractivity contribution in [2.45, 2.75) is 26.4 Å². The highest BCUT2D eigenvalue weighted by molar-refractivity contribution is 9.10. The first-order chi connectivity index (χ1) is 8.13. The van der Waals surface area contributed by atoms with Crippen LogP contribution >= 0.6 is 15.9 Å². The van der Waals surface area contributed by atoms with Crippen LogP contribution in [0.3, 0.4) is 0 Å². The third-order valence-electron chi connectivity index (χ3n) is 2.87. The van der Waals surface area contributed by atoms with Crippen molar-refractivity contribution in [1.82, 2.24) is 0 Å². The third-order valence-corrected chi connectivity index (χ3v) is 3.61. The van der Waals surface area contributed by atoms with Gasteiger partial charge in [0, 0.05) is 36.4 Å². The van der Waals surface area contributed by atoms with Gasteiger partial charge in [0.2, 0.25) is 0 Å². The standard InChI is InChI=1S/C13H21BrN2O/c1-4-16(10(2)9-17-3)12-6-5-11(8-15)13(14)7-12/h5-7,10H,4,8-9,15H2,1-3H3. The van der Waals surface area contributed by atoms with E-state index < -0.39 is 0 Å². The van der Waals surface area contributed by atoms with Crippen LogP contribution in [0.15, 0.2) is 22.7 Å². The van der Waals surface area contributed by atoms with Crippen LogP contribution < -0.4 is 10.6 Å². The highest BCUT2D eigenvalue weighted by Crippen LogP contribution is 2.25. The second-order valence-electron chi connectivity index (χ2n) is 4.07. The molecular weight excluding hydrogens is 280 g/mol. The van der Waals surface area contributed by atoms with E-state index in [1.54, 1.807) is 7.11 Å². The maximum Gasteiger partial charge on any atom is 0.0663 e. The van der Waals surface area contributed by atoms with Crippen molar-refractivity contribution < 1.29 is 4.74 Å². The summed E-state index contributed by atoms with van der Waals surface area (Å²) in [5, 5.41) is 0. The van der Waals surface area contributed by atoms with Crippen LogP contribution in [0.2, 0.25) is 0 Å². The summed E-state index contributed by atoms with van der Waals surface area (Å²) in [5.74, 6) is 0. The largest absolute Gasteiger partial charge is 0.383 e. The molecule has 0 fully saturated rings. The second kappa shape index (κ2) is 6.99. The molecule has 0 aliphatic rings. The van der Waals surface area contributed by atoms with Crippen LogP contribution in [0, 0.1) is 0 Å². The predicted molar refractivity (Wildman–Crippen MR) is 76.4 cm³/mol. The van der Waals surface area contributed by atoms with Crippen molar-refractivity contribution >= 4 is 21.6 Å². The number of likely N-dealkylation sites (N-methyl/N-ethyl adjacent to an activating group) is 1. The van der Waals surface area contributed by atoms with Crippen molar-refractivity contribution in [2.24, 2.45) is 5.73 Å². The molecule has 0 heterocycles. The molecule has 0 amide bonds. The number of ether oxygens (including phenoxy) is 1. The van der Waals surface area contributed by atoms with E-state index in [0.717, 1.165) is 23.2 Å². The fourth-order valence-corrected chi connectivity index (χ4v) is 2.49. The molecule has 1 aromatic rings. The number of rotatable bonds is 6. The van der Waals surface area contributed by atoms with Crippen LogP contribution in [-0.4, -0.2) is 26.3 Å². The van der Waals surface area contributed by atoms with Crippen LogP contribution in [0.25, 0.3) is 0 Å². The zero-order chi connectivity index (χ0) is 12.8. The maximum absolute atomic E-state index is 5.65. The molecule has 0 spiro atoms. The van der Waals surface area contributed by atoms with Gasteiger partial charge in [0.15, 0.2) is 0 Å². The molecule has 0 aliphatic heterocycles. The number of nitrogens with zero attached hydrogens (tertiary/aromatic N) is 1. The number of halogens is 1. The number of anilines is 1. The Balaban J connectivity index is 2.92. The quantitative estimate of drug-likeness (QED) is 0.878. The van der Waals surface area contributed by atoms with Crippen LogP contribution in [0.5, 0.6) is 0 Å². The van der Waals surface area contributed by atoms with Gasteiger partial charge in [0.1, 0.15) is 0 Å². The Bertz CT molecular complexity index is 357. The van der Waals surface area contributed by atoms with Crippen molar-refractivity contribution in [1.29, 1.82) is 0 Å². The minimum Gasteiger partial charge on any atom is -0.383 e. The number of hydrogen-bond donors (Lipinski definition) is 1. The van der Waals surface area contributed by atoms with Gasteiger partial charge in [-0.25, -0.2) is 0 Å². The Kier molecular flexibility index (Phi) is 5.95. The van der Waals surface area contributed by atoms with Crippen molar-refractivity contribution in [3.05, 3.63) is 28.2 Å². The summed E-state index contributed by atoms with van der Waals surface area (Å²) < 4.78 is 6.28. The van der Waals surface area contributed by atoms with Gasteiger partial charge in [-0.3, -0.25) is 0 Å². The molecule has 1 rings (SSSR count). The molecule has 1 aromatic carbocycles. The molecule has 0 saturated heterocycles. The zero-order valence-corrected chi connectivity index (χ0v) is 12.3. The van der Waals surface area contributed by atoms with Gasteiger partial charge in [0.25, 0.3) is 0 Å². The number of hydrogen-bond acceptors (Lipinski definition) is 3. The van der Waals surface area contributed by atoms with E-state index in [4.69, 9.17) is 10.5 Å². The highest BCUT2D eigenvalue weighted by atomic mass is 79.9. The fraction of sp³-hybridized carbons (Fsp3) is 0.538. The van der Waals surface area contributed by atoms with E-state index in [9.17, 15) is 0 Å². The van der Waals surface area contributed by atoms with Gasteiger partial charge in [-0.05, 0) is 31.5 Å². The summed E-state index contributed by atoms with van der Waals surface area (Å²) in [6, 6.07) is 6.67. The van der Waals surface area contributed by atoms with E-state index in [2.05, 4.69) is 52.9 Å². The lowest BCUT2D eigenvalue weighted by atomic mass is 10.1. The van der Waals surface area contributed by atoms with Crippen molar-refractivity contribution in [2.75, 3.05) is 25.2 Å². The topological polar surface area (TPSA) is 38.5 Å². The normalized spacial score (nSPS) is 12.5. The van der Waals surface area contributed by atoms with E-state index in [1.165, 1.54) is 5.69 Å². The zero-order valence-electron chi connectivity index (χ0n) is 10.7. The second-order valence-corrected chi connectivity index (χ2v) is 4.92. The molecule has 0 bridgehead atoms. The molecular formula is C13H21BrN2O. The predicted octanol–water partition coefficient (Wildman–Crippen LogP) is 2.77. The Morgan fingerprint density at radius 1 is 1.47 bits per heavy atom. The van der Waals surface area contributed by atoms with Gasteiger partial charge in [-0.1, -0.05) is 22.0 Å². The average Bonchev–Trinajstić information content (AvgIpc) is 2.30. The van der Waals surface area contributed by atoms with Crippen molar-refractivity contribution in [3.63, 3.8) is 0 Å². The molecule has 0 aromatic heterocycles. The first-order valence-corrected chi connectivity index (χ1v) is 6.67. The Labute approximate surface area is 112 Å². The number of nitrogens with two attached hydrogens (primary N) is 1. The summed E-state index contributed by atoms with van der Waals surface area (Å²) in [5.41, 5.74) is 7.98. The van der Waals surface area contributed by atoms with Crippen LogP contribution in [0.1, 0.15) is 19.4 Å². The van der Waals surface area contributed by atoms with E-state index >= 15 is 0 Å². The summed E-state index contributed by atoms with van der Waals surface area (Å²) in [4.78, 5) is 2.31. The molecule has 0 radical (unpaired) electrons. The lowest BCUT2D eigenvalue weighted by molar-refractivity contribution is 0.182. The SMILES string of the molecule is CCN(c1ccc(CN)c(Br)c1)C(C)COC. The van der Waals surface area contributed by atoms with E-state index in [-0.39, 0.29) is 0 Å². The smallest absolute Gasteiger partial charge is 0.0663 e. The molecule has 1 atom stereocenters. The van der Waals surface area contributed by atoms with Crippen molar-refractivity contribution in [3.8, 4) is 0 Å². The minimum atomic E-state index is 0.362. The van der Waals surface area contributed by atoms with Crippen LogP contribution in [-0.2, 0) is 11.3 Å².